The van der Waals surface area contributed by atoms with Crippen molar-refractivity contribution in [2.45, 2.75) is 19.5 Å². The fourth-order valence-corrected chi connectivity index (χ4v) is 3.34. The van der Waals surface area contributed by atoms with Crippen LogP contribution in [-0.4, -0.2) is 58.8 Å². The number of piperazine rings is 1. The second kappa shape index (κ2) is 8.49. The third-order valence-electron chi connectivity index (χ3n) is 4.42. The van der Waals surface area contributed by atoms with Crippen molar-refractivity contribution in [1.29, 1.82) is 0 Å². The molecule has 1 amide bonds. The van der Waals surface area contributed by atoms with Crippen molar-refractivity contribution in [3.8, 4) is 5.75 Å². The Bertz CT molecular complexity index is 711. The lowest BCUT2D eigenvalue weighted by atomic mass is 10.2. The smallest absolute Gasteiger partial charge is 0.224 e. The van der Waals surface area contributed by atoms with Crippen LogP contribution < -0.4 is 4.74 Å². The number of methoxy groups -OCH3 is 1. The van der Waals surface area contributed by atoms with Crippen molar-refractivity contribution in [3.05, 3.63) is 46.7 Å². The molecule has 2 heterocycles. The van der Waals surface area contributed by atoms with Crippen LogP contribution in [0.15, 0.2) is 41.1 Å². The topological polar surface area (TPSA) is 50.6 Å². The molecule has 1 aromatic heterocycles. The molecular formula is C18H23BrN4O2. The summed E-state index contributed by atoms with van der Waals surface area (Å²) in [5.74, 6) is 1.09. The molecule has 1 aromatic carbocycles. The van der Waals surface area contributed by atoms with Gasteiger partial charge in [-0.3, -0.25) is 14.4 Å². The molecule has 0 radical (unpaired) electrons. The Labute approximate surface area is 156 Å². The van der Waals surface area contributed by atoms with Crippen LogP contribution in [0, 0.1) is 0 Å². The molecule has 0 atom stereocenters. The molecule has 1 fully saturated rings. The van der Waals surface area contributed by atoms with Crippen LogP contribution in [0.4, 0.5) is 0 Å². The SMILES string of the molecule is COc1cccc(CN2CCN(C(=O)CCn3cc(Br)cn3)CC2)c1. The predicted octanol–water partition coefficient (Wildman–Crippen LogP) is 2.39. The van der Waals surface area contributed by atoms with E-state index in [9.17, 15) is 4.79 Å². The first-order valence-corrected chi connectivity index (χ1v) is 9.24. The van der Waals surface area contributed by atoms with Gasteiger partial charge in [0.05, 0.1) is 17.8 Å². The highest BCUT2D eigenvalue weighted by Gasteiger charge is 2.21. The summed E-state index contributed by atoms with van der Waals surface area (Å²) in [5.41, 5.74) is 1.24. The standard InChI is InChI=1S/C18H23BrN4O2/c1-25-17-4-2-3-15(11-17)13-21-7-9-22(10-8-21)18(24)5-6-23-14-16(19)12-20-23/h2-4,11-12,14H,5-10,13H2,1H3. The highest BCUT2D eigenvalue weighted by molar-refractivity contribution is 9.10. The zero-order valence-corrected chi connectivity index (χ0v) is 16.0. The van der Waals surface area contributed by atoms with E-state index in [2.05, 4.69) is 38.1 Å². The van der Waals surface area contributed by atoms with Gasteiger partial charge in [-0.1, -0.05) is 12.1 Å². The summed E-state index contributed by atoms with van der Waals surface area (Å²) in [4.78, 5) is 16.7. The zero-order chi connectivity index (χ0) is 17.6. The lowest BCUT2D eigenvalue weighted by molar-refractivity contribution is -0.133. The van der Waals surface area contributed by atoms with E-state index in [1.807, 2.05) is 23.2 Å². The number of hydrogen-bond donors (Lipinski definition) is 0. The fraction of sp³-hybridized carbons (Fsp3) is 0.444. The number of amides is 1. The Morgan fingerprint density at radius 3 is 2.76 bits per heavy atom. The Kier molecular flexibility index (Phi) is 6.09. The largest absolute Gasteiger partial charge is 0.497 e. The summed E-state index contributed by atoms with van der Waals surface area (Å²) in [6.45, 7) is 4.87. The molecule has 2 aromatic rings. The number of carbonyl (C=O) groups is 1. The van der Waals surface area contributed by atoms with E-state index < -0.39 is 0 Å². The van der Waals surface area contributed by atoms with Crippen molar-refractivity contribution >= 4 is 21.8 Å². The maximum Gasteiger partial charge on any atom is 0.224 e. The van der Waals surface area contributed by atoms with Gasteiger partial charge in [0, 0.05) is 51.9 Å². The highest BCUT2D eigenvalue weighted by Crippen LogP contribution is 2.15. The molecular weight excluding hydrogens is 384 g/mol. The third kappa shape index (κ3) is 5.06. The maximum absolute atomic E-state index is 12.4. The number of hydrogen-bond acceptors (Lipinski definition) is 4. The molecule has 1 aliphatic heterocycles. The fourth-order valence-electron chi connectivity index (χ4n) is 3.01. The lowest BCUT2D eigenvalue weighted by Gasteiger charge is -2.34. The number of nitrogens with zero attached hydrogens (tertiary/aromatic N) is 4. The van der Waals surface area contributed by atoms with Crippen molar-refractivity contribution in [1.82, 2.24) is 19.6 Å². The van der Waals surface area contributed by atoms with Crippen LogP contribution in [0.5, 0.6) is 5.75 Å². The minimum Gasteiger partial charge on any atom is -0.497 e. The van der Waals surface area contributed by atoms with Crippen molar-refractivity contribution < 1.29 is 9.53 Å². The van der Waals surface area contributed by atoms with Crippen molar-refractivity contribution in [2.24, 2.45) is 0 Å². The van der Waals surface area contributed by atoms with Gasteiger partial charge >= 0.3 is 0 Å². The van der Waals surface area contributed by atoms with E-state index in [0.717, 1.165) is 42.9 Å². The maximum atomic E-state index is 12.4. The van der Waals surface area contributed by atoms with Crippen LogP contribution in [0.25, 0.3) is 0 Å². The first-order chi connectivity index (χ1) is 12.1. The van der Waals surface area contributed by atoms with Gasteiger partial charge in [0.15, 0.2) is 0 Å². The summed E-state index contributed by atoms with van der Waals surface area (Å²) < 4.78 is 8.00. The van der Waals surface area contributed by atoms with E-state index in [0.29, 0.717) is 13.0 Å². The van der Waals surface area contributed by atoms with Gasteiger partial charge in [0.2, 0.25) is 5.91 Å². The van der Waals surface area contributed by atoms with Crippen LogP contribution >= 0.6 is 15.9 Å². The van der Waals surface area contributed by atoms with Crippen LogP contribution in [0.1, 0.15) is 12.0 Å². The molecule has 3 rings (SSSR count). The summed E-state index contributed by atoms with van der Waals surface area (Å²) >= 11 is 3.37. The Morgan fingerprint density at radius 2 is 2.08 bits per heavy atom. The van der Waals surface area contributed by atoms with Gasteiger partial charge in [-0.2, -0.15) is 5.10 Å². The van der Waals surface area contributed by atoms with E-state index >= 15 is 0 Å². The third-order valence-corrected chi connectivity index (χ3v) is 4.83. The number of carbonyl (C=O) groups excluding carboxylic acids is 1. The average molecular weight is 407 g/mol. The molecule has 134 valence electrons. The number of halogens is 1. The molecule has 1 saturated heterocycles. The molecule has 0 N–H and O–H groups in total. The molecule has 0 saturated carbocycles. The summed E-state index contributed by atoms with van der Waals surface area (Å²) in [6.07, 6.45) is 4.12. The number of rotatable bonds is 6. The highest BCUT2D eigenvalue weighted by atomic mass is 79.9. The van der Waals surface area contributed by atoms with Gasteiger partial charge in [0.25, 0.3) is 0 Å². The number of aromatic nitrogens is 2. The minimum absolute atomic E-state index is 0.202. The molecule has 6 nitrogen and oxygen atoms in total. The van der Waals surface area contributed by atoms with Gasteiger partial charge < -0.3 is 9.64 Å². The summed E-state index contributed by atoms with van der Waals surface area (Å²) in [6, 6.07) is 8.15. The zero-order valence-electron chi connectivity index (χ0n) is 14.4. The van der Waals surface area contributed by atoms with Gasteiger partial charge in [-0.15, -0.1) is 0 Å². The molecule has 0 bridgehead atoms. The number of aryl methyl sites for hydroxylation is 1. The predicted molar refractivity (Wildman–Crippen MR) is 99.4 cm³/mol. The normalized spacial score (nSPS) is 15.4. The van der Waals surface area contributed by atoms with Crippen molar-refractivity contribution in [3.63, 3.8) is 0 Å². The van der Waals surface area contributed by atoms with Gasteiger partial charge in [-0.25, -0.2) is 0 Å². The Balaban J connectivity index is 1.43. The summed E-state index contributed by atoms with van der Waals surface area (Å²) in [7, 11) is 1.69. The van der Waals surface area contributed by atoms with E-state index in [-0.39, 0.29) is 5.91 Å². The minimum atomic E-state index is 0.202. The molecule has 1 aliphatic rings. The second-order valence-corrected chi connectivity index (χ2v) is 7.10. The second-order valence-electron chi connectivity index (χ2n) is 6.18. The number of ether oxygens (including phenoxy) is 1. The Morgan fingerprint density at radius 1 is 1.28 bits per heavy atom. The van der Waals surface area contributed by atoms with E-state index in [1.165, 1.54) is 5.56 Å². The van der Waals surface area contributed by atoms with E-state index in [4.69, 9.17) is 4.74 Å². The molecule has 25 heavy (non-hydrogen) atoms. The number of benzene rings is 1. The van der Waals surface area contributed by atoms with Crippen LogP contribution in [0.2, 0.25) is 0 Å². The van der Waals surface area contributed by atoms with Crippen LogP contribution in [0.3, 0.4) is 0 Å². The van der Waals surface area contributed by atoms with Gasteiger partial charge in [-0.05, 0) is 33.6 Å². The lowest BCUT2D eigenvalue weighted by Crippen LogP contribution is -2.48. The Hall–Kier alpha value is -1.86. The first-order valence-electron chi connectivity index (χ1n) is 8.45. The molecule has 0 unspecified atom stereocenters. The van der Waals surface area contributed by atoms with Gasteiger partial charge in [0.1, 0.15) is 5.75 Å². The molecule has 0 spiro atoms. The monoisotopic (exact) mass is 406 g/mol. The molecule has 0 aliphatic carbocycles. The molecule has 7 heteroatoms. The quantitative estimate of drug-likeness (QED) is 0.738. The van der Waals surface area contributed by atoms with E-state index in [1.54, 1.807) is 18.0 Å². The summed E-state index contributed by atoms with van der Waals surface area (Å²) in [5, 5.41) is 4.19. The first kappa shape index (κ1) is 17.9. The average Bonchev–Trinajstić information content (AvgIpc) is 3.06. The van der Waals surface area contributed by atoms with Crippen LogP contribution in [-0.2, 0) is 17.9 Å². The van der Waals surface area contributed by atoms with Crippen molar-refractivity contribution in [2.75, 3.05) is 33.3 Å².